The van der Waals surface area contributed by atoms with Crippen molar-refractivity contribution in [3.05, 3.63) is 39.6 Å². The number of tetrazole rings is 1. The Kier molecular flexibility index (Phi) is 5.25. The van der Waals surface area contributed by atoms with Gasteiger partial charge >= 0.3 is 0 Å². The Bertz CT molecular complexity index is 566. The third-order valence-corrected chi connectivity index (χ3v) is 4.12. The van der Waals surface area contributed by atoms with E-state index in [1.54, 1.807) is 7.05 Å². The molecule has 0 saturated heterocycles. The zero-order valence-corrected chi connectivity index (χ0v) is 13.7. The summed E-state index contributed by atoms with van der Waals surface area (Å²) < 4.78 is 1.13. The van der Waals surface area contributed by atoms with Crippen molar-refractivity contribution in [3.63, 3.8) is 0 Å². The van der Waals surface area contributed by atoms with Crippen molar-refractivity contribution < 1.29 is 0 Å². The van der Waals surface area contributed by atoms with Gasteiger partial charge in [-0.1, -0.05) is 35.0 Å². The fourth-order valence-corrected chi connectivity index (χ4v) is 2.58. The molecule has 0 aliphatic rings. The van der Waals surface area contributed by atoms with Crippen LogP contribution in [0.5, 0.6) is 0 Å². The first-order chi connectivity index (χ1) is 9.61. The molecule has 2 rings (SSSR count). The van der Waals surface area contributed by atoms with Gasteiger partial charge < -0.3 is 5.32 Å². The Balaban J connectivity index is 2.24. The molecule has 1 unspecified atom stereocenters. The smallest absolute Gasteiger partial charge is 0.176 e. The molecular weight excluding hydrogens is 318 g/mol. The number of nitrogens with one attached hydrogen (secondary N) is 1. The molecule has 0 aliphatic heterocycles. The monoisotopic (exact) mass is 337 g/mol. The van der Waals surface area contributed by atoms with E-state index in [0.29, 0.717) is 0 Å². The Morgan fingerprint density at radius 3 is 2.85 bits per heavy atom. The molecule has 1 heterocycles. The summed E-state index contributed by atoms with van der Waals surface area (Å²) in [4.78, 5) is 1.50. The van der Waals surface area contributed by atoms with Crippen LogP contribution in [0.15, 0.2) is 22.7 Å². The van der Waals surface area contributed by atoms with Gasteiger partial charge in [-0.25, -0.2) is 0 Å². The van der Waals surface area contributed by atoms with Crippen LogP contribution < -0.4 is 5.32 Å². The lowest BCUT2D eigenvalue weighted by Gasteiger charge is -2.20. The molecular formula is C14H20BrN5. The minimum absolute atomic E-state index is 0.205. The van der Waals surface area contributed by atoms with Crippen molar-refractivity contribution in [3.8, 4) is 0 Å². The number of hydrogen-bond acceptors (Lipinski definition) is 4. The molecule has 0 amide bonds. The largest absolute Gasteiger partial charge is 0.310 e. The third-order valence-electron chi connectivity index (χ3n) is 3.26. The summed E-state index contributed by atoms with van der Waals surface area (Å²) in [7, 11) is 1.79. The molecule has 108 valence electrons. The van der Waals surface area contributed by atoms with E-state index >= 15 is 0 Å². The molecule has 0 radical (unpaired) electrons. The van der Waals surface area contributed by atoms with Gasteiger partial charge in [-0.2, -0.15) is 4.80 Å². The summed E-state index contributed by atoms with van der Waals surface area (Å²) in [6.07, 6.45) is 1.84. The Hall–Kier alpha value is -1.27. The second kappa shape index (κ2) is 6.95. The van der Waals surface area contributed by atoms with Gasteiger partial charge in [-0.05, 0) is 42.3 Å². The number of halogens is 1. The maximum atomic E-state index is 4.28. The molecule has 0 aliphatic carbocycles. The van der Waals surface area contributed by atoms with E-state index in [2.05, 4.69) is 68.7 Å². The SMILES string of the molecule is CCCNC(Cc1nnn(C)n1)c1cccc(Br)c1C. The fraction of sp³-hybridized carbons (Fsp3) is 0.500. The van der Waals surface area contributed by atoms with Crippen LogP contribution in [-0.2, 0) is 13.5 Å². The summed E-state index contributed by atoms with van der Waals surface area (Å²) >= 11 is 3.60. The van der Waals surface area contributed by atoms with Gasteiger partial charge in [0.2, 0.25) is 0 Å². The lowest BCUT2D eigenvalue weighted by atomic mass is 9.98. The molecule has 1 aromatic carbocycles. The van der Waals surface area contributed by atoms with E-state index in [4.69, 9.17) is 0 Å². The van der Waals surface area contributed by atoms with Crippen molar-refractivity contribution in [2.75, 3.05) is 6.54 Å². The van der Waals surface area contributed by atoms with Crippen molar-refractivity contribution in [1.82, 2.24) is 25.5 Å². The summed E-state index contributed by atoms with van der Waals surface area (Å²) in [6.45, 7) is 5.26. The third kappa shape index (κ3) is 3.64. The predicted molar refractivity (Wildman–Crippen MR) is 82.4 cm³/mol. The molecule has 5 nitrogen and oxygen atoms in total. The van der Waals surface area contributed by atoms with E-state index in [1.165, 1.54) is 15.9 Å². The van der Waals surface area contributed by atoms with Gasteiger partial charge in [0.1, 0.15) is 0 Å². The van der Waals surface area contributed by atoms with Crippen molar-refractivity contribution >= 4 is 15.9 Å². The second-order valence-corrected chi connectivity index (χ2v) is 5.71. The lowest BCUT2D eigenvalue weighted by Crippen LogP contribution is -2.25. The highest BCUT2D eigenvalue weighted by atomic mass is 79.9. The van der Waals surface area contributed by atoms with Crippen LogP contribution in [-0.4, -0.2) is 26.8 Å². The average molecular weight is 338 g/mol. The second-order valence-electron chi connectivity index (χ2n) is 4.86. The summed E-state index contributed by atoms with van der Waals surface area (Å²) in [5, 5.41) is 15.8. The highest BCUT2D eigenvalue weighted by Gasteiger charge is 2.17. The maximum Gasteiger partial charge on any atom is 0.176 e. The molecule has 2 aromatic rings. The van der Waals surface area contributed by atoms with Gasteiger partial charge in [0.05, 0.1) is 7.05 Å². The lowest BCUT2D eigenvalue weighted by molar-refractivity contribution is 0.514. The van der Waals surface area contributed by atoms with Crippen molar-refractivity contribution in [2.45, 2.75) is 32.7 Å². The number of hydrogen-bond donors (Lipinski definition) is 1. The molecule has 0 spiro atoms. The topological polar surface area (TPSA) is 55.6 Å². The van der Waals surface area contributed by atoms with Crippen molar-refractivity contribution in [2.24, 2.45) is 7.05 Å². The molecule has 1 aromatic heterocycles. The maximum absolute atomic E-state index is 4.28. The van der Waals surface area contributed by atoms with Crippen LogP contribution >= 0.6 is 15.9 Å². The van der Waals surface area contributed by atoms with Crippen LogP contribution in [0.1, 0.15) is 36.3 Å². The first kappa shape index (κ1) is 15.1. The highest BCUT2D eigenvalue weighted by Crippen LogP contribution is 2.26. The molecule has 0 bridgehead atoms. The number of aryl methyl sites for hydroxylation is 1. The van der Waals surface area contributed by atoms with E-state index in [-0.39, 0.29) is 6.04 Å². The number of aromatic nitrogens is 4. The quantitative estimate of drug-likeness (QED) is 0.880. The van der Waals surface area contributed by atoms with Crippen LogP contribution in [0.2, 0.25) is 0 Å². The Morgan fingerprint density at radius 2 is 2.20 bits per heavy atom. The normalized spacial score (nSPS) is 12.6. The number of benzene rings is 1. The fourth-order valence-electron chi connectivity index (χ4n) is 2.20. The van der Waals surface area contributed by atoms with Gasteiger partial charge in [0.15, 0.2) is 5.82 Å². The van der Waals surface area contributed by atoms with Gasteiger partial charge in [0, 0.05) is 16.9 Å². The minimum atomic E-state index is 0.205. The zero-order valence-electron chi connectivity index (χ0n) is 12.1. The zero-order chi connectivity index (χ0) is 14.5. The number of rotatable bonds is 6. The van der Waals surface area contributed by atoms with Crippen LogP contribution in [0.4, 0.5) is 0 Å². The predicted octanol–water partition coefficient (Wildman–Crippen LogP) is 2.56. The Labute approximate surface area is 127 Å². The van der Waals surface area contributed by atoms with E-state index in [0.717, 1.165) is 29.7 Å². The van der Waals surface area contributed by atoms with Crippen LogP contribution in [0.3, 0.4) is 0 Å². The standard InChI is InChI=1S/C14H20BrN5/c1-4-8-16-13(9-14-17-19-20(3)18-14)11-6-5-7-12(15)10(11)2/h5-7,13,16H,4,8-9H2,1-3H3. The Morgan fingerprint density at radius 1 is 1.40 bits per heavy atom. The highest BCUT2D eigenvalue weighted by molar-refractivity contribution is 9.10. The van der Waals surface area contributed by atoms with Crippen LogP contribution in [0.25, 0.3) is 0 Å². The molecule has 0 saturated carbocycles. The minimum Gasteiger partial charge on any atom is -0.310 e. The summed E-state index contributed by atoms with van der Waals surface area (Å²) in [5.41, 5.74) is 2.53. The average Bonchev–Trinajstić information content (AvgIpc) is 2.83. The molecule has 20 heavy (non-hydrogen) atoms. The van der Waals surface area contributed by atoms with E-state index < -0.39 is 0 Å². The van der Waals surface area contributed by atoms with Gasteiger partial charge in [-0.3, -0.25) is 0 Å². The number of nitrogens with zero attached hydrogens (tertiary/aromatic N) is 4. The summed E-state index contributed by atoms with van der Waals surface area (Å²) in [6, 6.07) is 6.49. The van der Waals surface area contributed by atoms with Gasteiger partial charge in [0.25, 0.3) is 0 Å². The van der Waals surface area contributed by atoms with Crippen LogP contribution in [0, 0.1) is 6.92 Å². The molecule has 0 fully saturated rings. The first-order valence-electron chi connectivity index (χ1n) is 6.83. The summed E-state index contributed by atoms with van der Waals surface area (Å²) in [5.74, 6) is 0.764. The van der Waals surface area contributed by atoms with Gasteiger partial charge in [-0.15, -0.1) is 10.2 Å². The van der Waals surface area contributed by atoms with E-state index in [9.17, 15) is 0 Å². The first-order valence-corrected chi connectivity index (χ1v) is 7.62. The molecule has 6 heteroatoms. The molecule has 1 atom stereocenters. The van der Waals surface area contributed by atoms with Crippen molar-refractivity contribution in [1.29, 1.82) is 0 Å². The molecule has 1 N–H and O–H groups in total. The van der Waals surface area contributed by atoms with E-state index in [1.807, 2.05) is 0 Å².